The SMILES string of the molecule is CCN1CCN(c2ccc(C(=O)Nc3cc(-c4ccccc4)ccc3N)cc2)CC1. The van der Waals surface area contributed by atoms with Gasteiger partial charge in [-0.1, -0.05) is 43.3 Å². The molecular formula is C25H28N4O. The van der Waals surface area contributed by atoms with E-state index < -0.39 is 0 Å². The molecule has 0 saturated carbocycles. The summed E-state index contributed by atoms with van der Waals surface area (Å²) in [5.74, 6) is -0.158. The lowest BCUT2D eigenvalue weighted by Gasteiger charge is -2.35. The average Bonchev–Trinajstić information content (AvgIpc) is 2.81. The summed E-state index contributed by atoms with van der Waals surface area (Å²) in [6.07, 6.45) is 0. The van der Waals surface area contributed by atoms with E-state index in [9.17, 15) is 4.79 Å². The maximum Gasteiger partial charge on any atom is 0.255 e. The predicted molar refractivity (Wildman–Crippen MR) is 125 cm³/mol. The van der Waals surface area contributed by atoms with Crippen molar-refractivity contribution in [2.24, 2.45) is 0 Å². The standard InChI is InChI=1S/C25H28N4O/c1-2-28-14-16-29(17-15-28)22-11-8-20(9-12-22)25(30)27-24-18-21(10-13-23(24)26)19-6-4-3-5-7-19/h3-13,18H,2,14-17,26H2,1H3,(H,27,30). The molecule has 5 heteroatoms. The van der Waals surface area contributed by atoms with Gasteiger partial charge < -0.3 is 20.9 Å². The minimum Gasteiger partial charge on any atom is -0.397 e. The third-order valence-corrected chi connectivity index (χ3v) is 5.72. The van der Waals surface area contributed by atoms with Crippen LogP contribution in [0.25, 0.3) is 11.1 Å². The summed E-state index contributed by atoms with van der Waals surface area (Å²) in [6, 6.07) is 23.6. The number of nitrogens with two attached hydrogens (primary N) is 1. The topological polar surface area (TPSA) is 61.6 Å². The van der Waals surface area contributed by atoms with Gasteiger partial charge in [0.15, 0.2) is 0 Å². The molecule has 0 spiro atoms. The smallest absolute Gasteiger partial charge is 0.255 e. The molecule has 1 aliphatic rings. The minimum absolute atomic E-state index is 0.158. The van der Waals surface area contributed by atoms with Crippen molar-refractivity contribution in [2.75, 3.05) is 48.7 Å². The lowest BCUT2D eigenvalue weighted by molar-refractivity contribution is 0.102. The van der Waals surface area contributed by atoms with Crippen molar-refractivity contribution in [2.45, 2.75) is 6.92 Å². The van der Waals surface area contributed by atoms with Crippen molar-refractivity contribution in [1.29, 1.82) is 0 Å². The molecule has 3 N–H and O–H groups in total. The summed E-state index contributed by atoms with van der Waals surface area (Å²) in [6.45, 7) is 7.49. The zero-order chi connectivity index (χ0) is 20.9. The molecule has 30 heavy (non-hydrogen) atoms. The van der Waals surface area contributed by atoms with Gasteiger partial charge in [0, 0.05) is 37.4 Å². The van der Waals surface area contributed by atoms with Crippen LogP contribution in [-0.2, 0) is 0 Å². The van der Waals surface area contributed by atoms with Crippen molar-refractivity contribution >= 4 is 23.0 Å². The van der Waals surface area contributed by atoms with Crippen LogP contribution in [0.3, 0.4) is 0 Å². The number of amides is 1. The van der Waals surface area contributed by atoms with E-state index in [1.807, 2.05) is 72.8 Å². The first-order valence-corrected chi connectivity index (χ1v) is 10.5. The highest BCUT2D eigenvalue weighted by Gasteiger charge is 2.16. The van der Waals surface area contributed by atoms with E-state index >= 15 is 0 Å². The van der Waals surface area contributed by atoms with E-state index in [4.69, 9.17) is 5.73 Å². The quantitative estimate of drug-likeness (QED) is 0.626. The molecule has 3 aromatic rings. The lowest BCUT2D eigenvalue weighted by atomic mass is 10.0. The van der Waals surface area contributed by atoms with Crippen LogP contribution >= 0.6 is 0 Å². The Kier molecular flexibility index (Phi) is 6.00. The second-order valence-corrected chi connectivity index (χ2v) is 7.59. The van der Waals surface area contributed by atoms with Gasteiger partial charge in [-0.05, 0) is 54.1 Å². The molecule has 0 aliphatic carbocycles. The largest absolute Gasteiger partial charge is 0.397 e. The van der Waals surface area contributed by atoms with Crippen LogP contribution in [0.15, 0.2) is 72.8 Å². The van der Waals surface area contributed by atoms with Gasteiger partial charge in [0.25, 0.3) is 5.91 Å². The molecule has 4 rings (SSSR count). The third kappa shape index (κ3) is 4.47. The highest BCUT2D eigenvalue weighted by molar-refractivity contribution is 6.06. The summed E-state index contributed by atoms with van der Waals surface area (Å²) in [4.78, 5) is 17.6. The first-order chi connectivity index (χ1) is 14.6. The summed E-state index contributed by atoms with van der Waals surface area (Å²) in [5, 5.41) is 2.96. The molecular weight excluding hydrogens is 372 g/mol. The first kappa shape index (κ1) is 20.0. The van der Waals surface area contributed by atoms with E-state index in [0.717, 1.165) is 49.5 Å². The number of nitrogens with zero attached hydrogens (tertiary/aromatic N) is 2. The van der Waals surface area contributed by atoms with Crippen LogP contribution in [-0.4, -0.2) is 43.5 Å². The van der Waals surface area contributed by atoms with E-state index in [1.165, 1.54) is 0 Å². The highest BCUT2D eigenvalue weighted by atomic mass is 16.1. The lowest BCUT2D eigenvalue weighted by Crippen LogP contribution is -2.46. The number of hydrogen-bond donors (Lipinski definition) is 2. The van der Waals surface area contributed by atoms with Gasteiger partial charge >= 0.3 is 0 Å². The second-order valence-electron chi connectivity index (χ2n) is 7.59. The van der Waals surface area contributed by atoms with Gasteiger partial charge in [-0.2, -0.15) is 0 Å². The summed E-state index contributed by atoms with van der Waals surface area (Å²) in [5.41, 5.74) is 11.2. The molecule has 0 aromatic heterocycles. The maximum atomic E-state index is 12.8. The Bertz CT molecular complexity index is 993. The Hall–Kier alpha value is -3.31. The molecule has 0 radical (unpaired) electrons. The summed E-state index contributed by atoms with van der Waals surface area (Å²) >= 11 is 0. The molecule has 154 valence electrons. The van der Waals surface area contributed by atoms with E-state index in [1.54, 1.807) is 0 Å². The Balaban J connectivity index is 1.45. The van der Waals surface area contributed by atoms with Crippen LogP contribution in [0.1, 0.15) is 17.3 Å². The maximum absolute atomic E-state index is 12.8. The van der Waals surface area contributed by atoms with Crippen LogP contribution in [0, 0.1) is 0 Å². The number of hydrogen-bond acceptors (Lipinski definition) is 4. The molecule has 1 heterocycles. The fourth-order valence-electron chi connectivity index (χ4n) is 3.82. The molecule has 1 saturated heterocycles. The Morgan fingerprint density at radius 2 is 1.60 bits per heavy atom. The van der Waals surface area contributed by atoms with Crippen LogP contribution < -0.4 is 16.0 Å². The van der Waals surface area contributed by atoms with Gasteiger partial charge in [0.1, 0.15) is 0 Å². The van der Waals surface area contributed by atoms with Crippen LogP contribution in [0.2, 0.25) is 0 Å². The number of carbonyl (C=O) groups is 1. The van der Waals surface area contributed by atoms with Crippen molar-refractivity contribution in [3.05, 3.63) is 78.4 Å². The molecule has 3 aromatic carbocycles. The van der Waals surface area contributed by atoms with Crippen LogP contribution in [0.4, 0.5) is 17.1 Å². The Morgan fingerprint density at radius 1 is 0.900 bits per heavy atom. The number of carbonyl (C=O) groups excluding carboxylic acids is 1. The van der Waals surface area contributed by atoms with Gasteiger partial charge in [-0.3, -0.25) is 4.79 Å². The van der Waals surface area contributed by atoms with E-state index in [-0.39, 0.29) is 5.91 Å². The van der Waals surface area contributed by atoms with Crippen molar-refractivity contribution in [3.63, 3.8) is 0 Å². The van der Waals surface area contributed by atoms with E-state index in [2.05, 4.69) is 22.0 Å². The number of nitrogen functional groups attached to an aromatic ring is 1. The Morgan fingerprint density at radius 3 is 2.27 bits per heavy atom. The molecule has 1 fully saturated rings. The number of nitrogens with one attached hydrogen (secondary N) is 1. The summed E-state index contributed by atoms with van der Waals surface area (Å²) in [7, 11) is 0. The predicted octanol–water partition coefficient (Wildman–Crippen LogP) is 4.33. The first-order valence-electron chi connectivity index (χ1n) is 10.5. The van der Waals surface area contributed by atoms with Crippen molar-refractivity contribution in [1.82, 2.24) is 4.90 Å². The normalized spacial score (nSPS) is 14.5. The number of benzene rings is 3. The van der Waals surface area contributed by atoms with Gasteiger partial charge in [-0.25, -0.2) is 0 Å². The average molecular weight is 401 g/mol. The molecule has 0 atom stereocenters. The molecule has 5 nitrogen and oxygen atoms in total. The number of likely N-dealkylation sites (N-methyl/N-ethyl adjacent to an activating group) is 1. The fourth-order valence-corrected chi connectivity index (χ4v) is 3.82. The second kappa shape index (κ2) is 9.01. The summed E-state index contributed by atoms with van der Waals surface area (Å²) < 4.78 is 0. The van der Waals surface area contributed by atoms with Crippen molar-refractivity contribution < 1.29 is 4.79 Å². The number of anilines is 3. The zero-order valence-corrected chi connectivity index (χ0v) is 17.3. The monoisotopic (exact) mass is 400 g/mol. The minimum atomic E-state index is -0.158. The van der Waals surface area contributed by atoms with Gasteiger partial charge in [0.2, 0.25) is 0 Å². The van der Waals surface area contributed by atoms with Crippen LogP contribution in [0.5, 0.6) is 0 Å². The Labute approximate surface area is 178 Å². The molecule has 0 bridgehead atoms. The zero-order valence-electron chi connectivity index (χ0n) is 17.3. The third-order valence-electron chi connectivity index (χ3n) is 5.72. The van der Waals surface area contributed by atoms with Gasteiger partial charge in [0.05, 0.1) is 11.4 Å². The molecule has 1 amide bonds. The van der Waals surface area contributed by atoms with Gasteiger partial charge in [-0.15, -0.1) is 0 Å². The number of rotatable bonds is 5. The molecule has 0 unspecified atom stereocenters. The highest BCUT2D eigenvalue weighted by Crippen LogP contribution is 2.28. The molecule has 1 aliphatic heterocycles. The number of piperazine rings is 1. The fraction of sp³-hybridized carbons (Fsp3) is 0.240. The van der Waals surface area contributed by atoms with Crippen molar-refractivity contribution in [3.8, 4) is 11.1 Å². The van der Waals surface area contributed by atoms with E-state index in [0.29, 0.717) is 16.9 Å².